The first-order chi connectivity index (χ1) is 13.4. The van der Waals surface area contributed by atoms with Gasteiger partial charge in [0.25, 0.3) is 0 Å². The van der Waals surface area contributed by atoms with Crippen LogP contribution in [0.25, 0.3) is 16.7 Å². The summed E-state index contributed by atoms with van der Waals surface area (Å²) < 4.78 is 28.1. The van der Waals surface area contributed by atoms with E-state index in [-0.39, 0.29) is 0 Å². The summed E-state index contributed by atoms with van der Waals surface area (Å²) in [6.07, 6.45) is 2.74. The van der Waals surface area contributed by atoms with Crippen LogP contribution in [0.2, 0.25) is 0 Å². The number of halogens is 3. The second kappa shape index (κ2) is 8.83. The van der Waals surface area contributed by atoms with Gasteiger partial charge in [0.1, 0.15) is 0 Å². The van der Waals surface area contributed by atoms with Gasteiger partial charge in [-0.15, -0.1) is 0 Å². The summed E-state index contributed by atoms with van der Waals surface area (Å²) in [5.74, 6) is -1.63. The maximum absolute atomic E-state index is 13.6. The number of rotatable bonds is 6. The Hall–Kier alpha value is -2.26. The molecule has 0 unspecified atom stereocenters. The normalized spacial score (nSPS) is 10.9. The van der Waals surface area contributed by atoms with E-state index in [0.717, 1.165) is 46.0 Å². The first kappa shape index (κ1) is 20.5. The molecule has 144 valence electrons. The highest BCUT2D eigenvalue weighted by atomic mass is 79.9. The summed E-state index contributed by atoms with van der Waals surface area (Å²) in [7, 11) is 0. The third kappa shape index (κ3) is 4.41. The standard InChI is InChI=1S/C25H23BrF2/c1-4-16(2)21-7-5-6-20(25(21)26)13-10-18-8-11-19(12-9-18)22-15-24(28)23(27)14-17(22)3/h5-9,11-12,14-15H,2,4,10,13H2,1,3H3. The molecule has 0 aliphatic carbocycles. The predicted octanol–water partition coefficient (Wildman–Crippen LogP) is 7.91. The molecule has 0 nitrogen and oxygen atoms in total. The molecule has 0 radical (unpaired) electrons. The maximum atomic E-state index is 13.6. The van der Waals surface area contributed by atoms with Crippen molar-refractivity contribution >= 4 is 21.5 Å². The lowest BCUT2D eigenvalue weighted by molar-refractivity contribution is 0.508. The highest BCUT2D eigenvalue weighted by Crippen LogP contribution is 2.30. The Bertz CT molecular complexity index is 1000. The van der Waals surface area contributed by atoms with Crippen molar-refractivity contribution < 1.29 is 8.78 Å². The van der Waals surface area contributed by atoms with Gasteiger partial charge in [-0.3, -0.25) is 0 Å². The van der Waals surface area contributed by atoms with Crippen LogP contribution in [-0.2, 0) is 12.8 Å². The zero-order chi connectivity index (χ0) is 20.3. The third-order valence-electron chi connectivity index (χ3n) is 5.10. The fourth-order valence-corrected chi connectivity index (χ4v) is 4.07. The van der Waals surface area contributed by atoms with Crippen molar-refractivity contribution in [3.8, 4) is 11.1 Å². The molecule has 3 rings (SSSR count). The molecule has 3 aromatic carbocycles. The summed E-state index contributed by atoms with van der Waals surface area (Å²) in [5, 5.41) is 0. The Labute approximate surface area is 174 Å². The second-order valence-corrected chi connectivity index (χ2v) is 7.81. The Morgan fingerprint density at radius 3 is 2.32 bits per heavy atom. The molecular weight excluding hydrogens is 418 g/mol. The Kier molecular flexibility index (Phi) is 6.46. The van der Waals surface area contributed by atoms with Gasteiger partial charge in [-0.2, -0.15) is 0 Å². The van der Waals surface area contributed by atoms with Crippen molar-refractivity contribution in [3.05, 3.63) is 99.5 Å². The van der Waals surface area contributed by atoms with Crippen LogP contribution in [-0.4, -0.2) is 0 Å². The molecule has 0 heterocycles. The van der Waals surface area contributed by atoms with E-state index in [1.165, 1.54) is 28.8 Å². The zero-order valence-corrected chi connectivity index (χ0v) is 17.7. The van der Waals surface area contributed by atoms with Crippen LogP contribution in [0.1, 0.15) is 35.6 Å². The minimum absolute atomic E-state index is 0.721. The largest absolute Gasteiger partial charge is 0.204 e. The number of benzene rings is 3. The Morgan fingerprint density at radius 2 is 1.64 bits per heavy atom. The van der Waals surface area contributed by atoms with Gasteiger partial charge in [0.2, 0.25) is 0 Å². The minimum Gasteiger partial charge on any atom is -0.204 e. The average Bonchev–Trinajstić information content (AvgIpc) is 2.70. The number of aryl methyl sites for hydroxylation is 3. The molecular formula is C25H23BrF2. The molecule has 0 aliphatic rings. The molecule has 0 amide bonds. The van der Waals surface area contributed by atoms with Crippen molar-refractivity contribution in [2.75, 3.05) is 0 Å². The number of allylic oxidation sites excluding steroid dienone is 1. The summed E-state index contributed by atoms with van der Waals surface area (Å²) in [5.41, 5.74) is 7.09. The van der Waals surface area contributed by atoms with Gasteiger partial charge in [-0.1, -0.05) is 56.0 Å². The fraction of sp³-hybridized carbons (Fsp3) is 0.200. The van der Waals surface area contributed by atoms with E-state index >= 15 is 0 Å². The monoisotopic (exact) mass is 440 g/mol. The molecule has 0 fully saturated rings. The van der Waals surface area contributed by atoms with Gasteiger partial charge in [0.05, 0.1) is 0 Å². The fourth-order valence-electron chi connectivity index (χ4n) is 3.32. The number of hydrogen-bond donors (Lipinski definition) is 0. The van der Waals surface area contributed by atoms with Crippen LogP contribution in [0.4, 0.5) is 8.78 Å². The van der Waals surface area contributed by atoms with Crippen molar-refractivity contribution in [1.29, 1.82) is 0 Å². The highest BCUT2D eigenvalue weighted by Gasteiger charge is 2.10. The molecule has 0 aliphatic heterocycles. The van der Waals surface area contributed by atoms with E-state index in [2.05, 4.69) is 59.8 Å². The molecule has 28 heavy (non-hydrogen) atoms. The number of hydrogen-bond acceptors (Lipinski definition) is 0. The summed E-state index contributed by atoms with van der Waals surface area (Å²) in [4.78, 5) is 0. The summed E-state index contributed by atoms with van der Waals surface area (Å²) in [6.45, 7) is 8.04. The van der Waals surface area contributed by atoms with Crippen molar-refractivity contribution in [3.63, 3.8) is 0 Å². The highest BCUT2D eigenvalue weighted by molar-refractivity contribution is 9.10. The molecule has 0 spiro atoms. The van der Waals surface area contributed by atoms with Crippen LogP contribution < -0.4 is 0 Å². The van der Waals surface area contributed by atoms with Gasteiger partial charge < -0.3 is 0 Å². The maximum Gasteiger partial charge on any atom is 0.159 e. The van der Waals surface area contributed by atoms with Crippen LogP contribution in [0.5, 0.6) is 0 Å². The molecule has 3 heteroatoms. The quantitative estimate of drug-likeness (QED) is 0.365. The smallest absolute Gasteiger partial charge is 0.159 e. The Morgan fingerprint density at radius 1 is 0.964 bits per heavy atom. The first-order valence-corrected chi connectivity index (χ1v) is 10.2. The van der Waals surface area contributed by atoms with Gasteiger partial charge in [0.15, 0.2) is 11.6 Å². The van der Waals surface area contributed by atoms with Gasteiger partial charge >= 0.3 is 0 Å². The molecule has 0 bridgehead atoms. The van der Waals surface area contributed by atoms with E-state index in [9.17, 15) is 8.78 Å². The second-order valence-electron chi connectivity index (χ2n) is 7.01. The van der Waals surface area contributed by atoms with Crippen LogP contribution >= 0.6 is 15.9 Å². The van der Waals surface area contributed by atoms with Gasteiger partial charge in [-0.25, -0.2) is 8.78 Å². The molecule has 0 atom stereocenters. The molecule has 3 aromatic rings. The molecule has 0 N–H and O–H groups in total. The minimum atomic E-state index is -0.817. The van der Waals surface area contributed by atoms with Crippen LogP contribution in [0, 0.1) is 18.6 Å². The SMILES string of the molecule is C=C(CC)c1cccc(CCc2ccc(-c3cc(F)c(F)cc3C)cc2)c1Br. The van der Waals surface area contributed by atoms with E-state index in [1.807, 2.05) is 12.1 Å². The predicted molar refractivity (Wildman–Crippen MR) is 117 cm³/mol. The Balaban J connectivity index is 1.76. The molecule has 0 saturated carbocycles. The van der Waals surface area contributed by atoms with E-state index in [4.69, 9.17) is 0 Å². The van der Waals surface area contributed by atoms with E-state index in [1.54, 1.807) is 6.92 Å². The summed E-state index contributed by atoms with van der Waals surface area (Å²) >= 11 is 3.73. The first-order valence-electron chi connectivity index (χ1n) is 9.41. The van der Waals surface area contributed by atoms with Gasteiger partial charge in [-0.05, 0) is 93.2 Å². The van der Waals surface area contributed by atoms with Gasteiger partial charge in [0, 0.05) is 4.47 Å². The topological polar surface area (TPSA) is 0 Å². The van der Waals surface area contributed by atoms with Crippen molar-refractivity contribution in [2.45, 2.75) is 33.1 Å². The van der Waals surface area contributed by atoms with Crippen LogP contribution in [0.15, 0.2) is 65.6 Å². The third-order valence-corrected chi connectivity index (χ3v) is 6.04. The average molecular weight is 441 g/mol. The lowest BCUT2D eigenvalue weighted by Crippen LogP contribution is -1.96. The summed E-state index contributed by atoms with van der Waals surface area (Å²) in [6, 6.07) is 16.9. The lowest BCUT2D eigenvalue weighted by atomic mass is 9.96. The van der Waals surface area contributed by atoms with E-state index < -0.39 is 11.6 Å². The molecule has 0 aromatic heterocycles. The van der Waals surface area contributed by atoms with Crippen LogP contribution in [0.3, 0.4) is 0 Å². The van der Waals surface area contributed by atoms with Crippen molar-refractivity contribution in [2.24, 2.45) is 0 Å². The van der Waals surface area contributed by atoms with E-state index in [0.29, 0.717) is 0 Å². The zero-order valence-electron chi connectivity index (χ0n) is 16.2. The lowest BCUT2D eigenvalue weighted by Gasteiger charge is -2.12. The molecule has 0 saturated heterocycles. The van der Waals surface area contributed by atoms with Crippen molar-refractivity contribution in [1.82, 2.24) is 0 Å².